The molecule has 1 fully saturated rings. The number of anilines is 1. The highest BCUT2D eigenvalue weighted by Crippen LogP contribution is 2.45. The Balaban J connectivity index is 1.26. The lowest BCUT2D eigenvalue weighted by Crippen LogP contribution is -2.29. The van der Waals surface area contributed by atoms with E-state index in [-0.39, 0.29) is 29.2 Å². The summed E-state index contributed by atoms with van der Waals surface area (Å²) in [6.07, 6.45) is 2.33. The molecule has 0 aliphatic carbocycles. The largest absolute Gasteiger partial charge is 0.507 e. The topological polar surface area (TPSA) is 102 Å². The van der Waals surface area contributed by atoms with E-state index in [2.05, 4.69) is 41.0 Å². The number of amides is 1. The average molecular weight is 648 g/mol. The minimum absolute atomic E-state index is 0.0152. The second-order valence-corrected chi connectivity index (χ2v) is 13.3. The molecule has 8 nitrogen and oxygen atoms in total. The number of Topliss-reactive ketones (excluding diaryl/α,β-unsaturated/α-hetero) is 1. The highest BCUT2D eigenvalue weighted by Gasteiger charge is 2.48. The first-order chi connectivity index (χ1) is 22.4. The van der Waals surface area contributed by atoms with Crippen molar-refractivity contribution >= 4 is 56.5 Å². The standard InChI is InChI=1S/C36H29N3O5S2/c1-3-16-43-27-12-7-10-23(19-27)31-30(32(40)24-14-15-29-26(18-24)17-21(2)44-29)33(41)34(42)39(31)35-37-38-36(46-35)45-20-25-11-6-9-22-8-4-5-13-28(22)25/h3-15,18-19,21,31,40H,1,16-17,20H2,2H3/t21-,31-/m0/s1. The van der Waals surface area contributed by atoms with Crippen molar-refractivity contribution in [2.24, 2.45) is 0 Å². The molecule has 7 rings (SSSR count). The van der Waals surface area contributed by atoms with Gasteiger partial charge in [-0.15, -0.1) is 10.2 Å². The molecule has 0 unspecified atom stereocenters. The summed E-state index contributed by atoms with van der Waals surface area (Å²) >= 11 is 2.74. The van der Waals surface area contributed by atoms with E-state index in [1.54, 1.807) is 42.5 Å². The minimum Gasteiger partial charge on any atom is -0.507 e. The summed E-state index contributed by atoms with van der Waals surface area (Å²) in [5.74, 6) is 0.0853. The number of aromatic nitrogens is 2. The maximum atomic E-state index is 13.8. The Kier molecular flexibility index (Phi) is 8.06. The van der Waals surface area contributed by atoms with Gasteiger partial charge in [0.25, 0.3) is 5.78 Å². The zero-order valence-corrected chi connectivity index (χ0v) is 26.5. The van der Waals surface area contributed by atoms with Crippen LogP contribution >= 0.6 is 23.1 Å². The van der Waals surface area contributed by atoms with Gasteiger partial charge in [0, 0.05) is 17.7 Å². The number of nitrogens with zero attached hydrogens (tertiary/aromatic N) is 3. The number of thioether (sulfide) groups is 1. The molecule has 230 valence electrons. The van der Waals surface area contributed by atoms with Crippen molar-refractivity contribution in [3.05, 3.63) is 125 Å². The van der Waals surface area contributed by atoms with Gasteiger partial charge in [-0.2, -0.15) is 0 Å². The van der Waals surface area contributed by atoms with E-state index in [1.807, 2.05) is 31.2 Å². The molecule has 1 N–H and O–H groups in total. The van der Waals surface area contributed by atoms with Crippen LogP contribution in [0.4, 0.5) is 5.13 Å². The number of ketones is 1. The molecule has 1 saturated heterocycles. The lowest BCUT2D eigenvalue weighted by molar-refractivity contribution is -0.132. The number of fused-ring (bicyclic) bond motifs is 2. The van der Waals surface area contributed by atoms with Crippen molar-refractivity contribution in [2.45, 2.75) is 35.6 Å². The third-order valence-electron chi connectivity index (χ3n) is 7.99. The average Bonchev–Trinajstić information content (AvgIpc) is 3.77. The summed E-state index contributed by atoms with van der Waals surface area (Å²) in [7, 11) is 0. The summed E-state index contributed by atoms with van der Waals surface area (Å²) < 4.78 is 12.2. The monoisotopic (exact) mass is 647 g/mol. The minimum atomic E-state index is -0.959. The number of hydrogen-bond acceptors (Lipinski definition) is 9. The number of aliphatic hydroxyl groups excluding tert-OH is 1. The molecule has 0 radical (unpaired) electrons. The van der Waals surface area contributed by atoms with Gasteiger partial charge in [0.2, 0.25) is 5.13 Å². The second-order valence-electron chi connectivity index (χ2n) is 11.1. The summed E-state index contributed by atoms with van der Waals surface area (Å²) in [6.45, 7) is 5.97. The molecule has 4 aromatic carbocycles. The van der Waals surface area contributed by atoms with Gasteiger partial charge >= 0.3 is 5.91 Å². The van der Waals surface area contributed by atoms with Crippen molar-refractivity contribution in [3.8, 4) is 11.5 Å². The number of carbonyl (C=O) groups excluding carboxylic acids is 2. The van der Waals surface area contributed by atoms with Crippen LogP contribution in [0.2, 0.25) is 0 Å². The van der Waals surface area contributed by atoms with Gasteiger partial charge < -0.3 is 14.6 Å². The second kappa shape index (κ2) is 12.5. The van der Waals surface area contributed by atoms with Gasteiger partial charge in [-0.05, 0) is 64.7 Å². The first-order valence-electron chi connectivity index (χ1n) is 14.8. The summed E-state index contributed by atoms with van der Waals surface area (Å²) in [5.41, 5.74) is 3.07. The molecule has 1 aromatic heterocycles. The van der Waals surface area contributed by atoms with E-state index in [1.165, 1.54) is 33.4 Å². The molecule has 5 aromatic rings. The Hall–Kier alpha value is -4.93. The fourth-order valence-corrected chi connectivity index (χ4v) is 7.79. The predicted molar refractivity (Wildman–Crippen MR) is 181 cm³/mol. The number of hydrogen-bond donors (Lipinski definition) is 1. The van der Waals surface area contributed by atoms with Crippen LogP contribution in [0.25, 0.3) is 16.5 Å². The SMILES string of the molecule is C=CCOc1cccc([C@H]2C(=C(O)c3ccc4c(c3)C[C@H](C)O4)C(=O)C(=O)N2c2nnc(SCc3cccc4ccccc34)s2)c1. The number of benzene rings is 4. The first-order valence-corrected chi connectivity index (χ1v) is 16.6. The van der Waals surface area contributed by atoms with Crippen LogP contribution in [0.3, 0.4) is 0 Å². The van der Waals surface area contributed by atoms with Gasteiger partial charge in [0.15, 0.2) is 4.34 Å². The third kappa shape index (κ3) is 5.54. The third-order valence-corrected chi connectivity index (χ3v) is 10.1. The Morgan fingerprint density at radius 1 is 1.09 bits per heavy atom. The van der Waals surface area contributed by atoms with Crippen LogP contribution in [0, 0.1) is 0 Å². The van der Waals surface area contributed by atoms with Crippen LogP contribution in [-0.2, 0) is 21.8 Å². The van der Waals surface area contributed by atoms with Gasteiger partial charge in [0.05, 0.1) is 11.6 Å². The van der Waals surface area contributed by atoms with Crippen LogP contribution in [-0.4, -0.2) is 39.7 Å². The molecular formula is C36H29N3O5S2. The van der Waals surface area contributed by atoms with E-state index >= 15 is 0 Å². The zero-order chi connectivity index (χ0) is 31.8. The van der Waals surface area contributed by atoms with Gasteiger partial charge in [-0.1, -0.05) is 90.4 Å². The molecule has 2 aliphatic rings. The molecule has 0 spiro atoms. The first kappa shape index (κ1) is 29.8. The van der Waals surface area contributed by atoms with Crippen molar-refractivity contribution in [2.75, 3.05) is 11.5 Å². The van der Waals surface area contributed by atoms with Gasteiger partial charge in [-0.3, -0.25) is 14.5 Å². The smallest absolute Gasteiger partial charge is 0.301 e. The lowest BCUT2D eigenvalue weighted by atomic mass is 9.94. The van der Waals surface area contributed by atoms with Crippen LogP contribution < -0.4 is 14.4 Å². The molecule has 1 amide bonds. The molecule has 2 atom stereocenters. The highest BCUT2D eigenvalue weighted by atomic mass is 32.2. The Morgan fingerprint density at radius 2 is 1.91 bits per heavy atom. The van der Waals surface area contributed by atoms with E-state index < -0.39 is 17.7 Å². The molecule has 3 heterocycles. The summed E-state index contributed by atoms with van der Waals surface area (Å²) in [5, 5.41) is 23.0. The van der Waals surface area contributed by atoms with Gasteiger partial charge in [0.1, 0.15) is 30.0 Å². The molecule has 2 aliphatic heterocycles. The van der Waals surface area contributed by atoms with E-state index in [0.29, 0.717) is 33.4 Å². The Labute approximate surface area is 274 Å². The van der Waals surface area contributed by atoms with Crippen molar-refractivity contribution in [3.63, 3.8) is 0 Å². The maximum absolute atomic E-state index is 13.8. The zero-order valence-electron chi connectivity index (χ0n) is 24.9. The quantitative estimate of drug-likeness (QED) is 0.0438. The molecule has 46 heavy (non-hydrogen) atoms. The van der Waals surface area contributed by atoms with E-state index in [0.717, 1.165) is 22.3 Å². The molecule has 0 saturated carbocycles. The highest BCUT2D eigenvalue weighted by molar-refractivity contribution is 8.00. The van der Waals surface area contributed by atoms with Crippen LogP contribution in [0.15, 0.2) is 107 Å². The number of ether oxygens (including phenoxy) is 2. The van der Waals surface area contributed by atoms with E-state index in [9.17, 15) is 14.7 Å². The van der Waals surface area contributed by atoms with Crippen molar-refractivity contribution in [1.29, 1.82) is 0 Å². The molecule has 10 heteroatoms. The van der Waals surface area contributed by atoms with E-state index in [4.69, 9.17) is 9.47 Å². The summed E-state index contributed by atoms with van der Waals surface area (Å²) in [6, 6.07) is 25.9. The lowest BCUT2D eigenvalue weighted by Gasteiger charge is -2.23. The summed E-state index contributed by atoms with van der Waals surface area (Å²) in [4.78, 5) is 28.8. The number of aliphatic hydroxyl groups is 1. The fraction of sp³-hybridized carbons (Fsp3) is 0.167. The number of carbonyl (C=O) groups is 2. The molecule has 0 bridgehead atoms. The van der Waals surface area contributed by atoms with Gasteiger partial charge in [-0.25, -0.2) is 0 Å². The van der Waals surface area contributed by atoms with Crippen LogP contribution in [0.5, 0.6) is 11.5 Å². The molecular weight excluding hydrogens is 619 g/mol. The fourth-order valence-electron chi connectivity index (χ4n) is 5.92. The maximum Gasteiger partial charge on any atom is 0.301 e. The van der Waals surface area contributed by atoms with Crippen molar-refractivity contribution < 1.29 is 24.2 Å². The van der Waals surface area contributed by atoms with Crippen LogP contribution in [0.1, 0.15) is 35.2 Å². The normalized spacial score (nSPS) is 18.5. The van der Waals surface area contributed by atoms with Crippen molar-refractivity contribution in [1.82, 2.24) is 10.2 Å². The predicted octanol–water partition coefficient (Wildman–Crippen LogP) is 7.50. The Bertz CT molecular complexity index is 2030. The Morgan fingerprint density at radius 3 is 2.78 bits per heavy atom. The number of rotatable bonds is 9.